The van der Waals surface area contributed by atoms with Crippen molar-refractivity contribution < 1.29 is 23.8 Å². The van der Waals surface area contributed by atoms with Crippen molar-refractivity contribution in [2.75, 3.05) is 26.4 Å². The Labute approximate surface area is 95.0 Å². The number of carbonyl (C=O) groups excluding carboxylic acids is 2. The molecule has 0 saturated carbocycles. The molecule has 1 aliphatic rings. The molecule has 5 heteroatoms. The van der Waals surface area contributed by atoms with E-state index in [9.17, 15) is 9.59 Å². The van der Waals surface area contributed by atoms with Crippen molar-refractivity contribution in [3.05, 3.63) is 0 Å². The van der Waals surface area contributed by atoms with Crippen LogP contribution in [0.5, 0.6) is 0 Å². The maximum atomic E-state index is 11.7. The second-order valence-corrected chi connectivity index (χ2v) is 4.05. The lowest BCUT2D eigenvalue weighted by Crippen LogP contribution is -2.39. The first-order chi connectivity index (χ1) is 7.58. The maximum Gasteiger partial charge on any atom is 0.315 e. The van der Waals surface area contributed by atoms with Gasteiger partial charge in [-0.2, -0.15) is 0 Å². The van der Waals surface area contributed by atoms with Crippen LogP contribution in [0.2, 0.25) is 0 Å². The van der Waals surface area contributed by atoms with Crippen molar-refractivity contribution in [2.24, 2.45) is 5.41 Å². The molecule has 0 radical (unpaired) electrons. The highest BCUT2D eigenvalue weighted by Crippen LogP contribution is 2.29. The average molecular weight is 230 g/mol. The van der Waals surface area contributed by atoms with Crippen LogP contribution in [0.15, 0.2) is 0 Å². The van der Waals surface area contributed by atoms with Gasteiger partial charge in [0.05, 0.1) is 12.0 Å². The van der Waals surface area contributed by atoms with Crippen molar-refractivity contribution in [1.82, 2.24) is 0 Å². The Morgan fingerprint density at radius 3 is 2.81 bits per heavy atom. The zero-order valence-corrected chi connectivity index (χ0v) is 9.78. The highest BCUT2D eigenvalue weighted by molar-refractivity contribution is 5.80. The van der Waals surface area contributed by atoms with E-state index in [1.165, 1.54) is 0 Å². The zero-order valence-electron chi connectivity index (χ0n) is 9.78. The number of hydrogen-bond acceptors (Lipinski definition) is 5. The third-order valence-electron chi connectivity index (χ3n) is 2.59. The van der Waals surface area contributed by atoms with Gasteiger partial charge in [0.15, 0.2) is 0 Å². The molecule has 1 aliphatic heterocycles. The Morgan fingerprint density at radius 1 is 1.50 bits per heavy atom. The second-order valence-electron chi connectivity index (χ2n) is 4.05. The molecule has 1 saturated heterocycles. The second kappa shape index (κ2) is 5.84. The zero-order chi connectivity index (χ0) is 12.0. The molecule has 1 atom stereocenters. The Bertz CT molecular complexity index is 251. The van der Waals surface area contributed by atoms with Crippen LogP contribution in [-0.4, -0.2) is 38.4 Å². The van der Waals surface area contributed by atoms with E-state index in [2.05, 4.69) is 0 Å². The molecular weight excluding hydrogens is 212 g/mol. The molecule has 0 spiro atoms. The molecule has 0 aromatic carbocycles. The summed E-state index contributed by atoms with van der Waals surface area (Å²) in [7, 11) is 0. The number of esters is 2. The van der Waals surface area contributed by atoms with Gasteiger partial charge in [-0.1, -0.05) is 0 Å². The third-order valence-corrected chi connectivity index (χ3v) is 2.59. The lowest BCUT2D eigenvalue weighted by molar-refractivity contribution is -0.170. The first-order valence-electron chi connectivity index (χ1n) is 5.49. The summed E-state index contributed by atoms with van der Waals surface area (Å²) in [4.78, 5) is 22.6. The molecule has 0 N–H and O–H groups in total. The minimum atomic E-state index is -0.694. The summed E-state index contributed by atoms with van der Waals surface area (Å²) < 4.78 is 15.0. The van der Waals surface area contributed by atoms with E-state index in [0.29, 0.717) is 19.6 Å². The van der Waals surface area contributed by atoms with Gasteiger partial charge in [0.1, 0.15) is 13.2 Å². The summed E-state index contributed by atoms with van der Waals surface area (Å²) >= 11 is 0. The van der Waals surface area contributed by atoms with Crippen molar-refractivity contribution in [2.45, 2.75) is 26.7 Å². The molecule has 1 unspecified atom stereocenters. The largest absolute Gasteiger partial charge is 0.464 e. The predicted octanol–water partition coefficient (Wildman–Crippen LogP) is 0.909. The van der Waals surface area contributed by atoms with Gasteiger partial charge in [0, 0.05) is 13.0 Å². The van der Waals surface area contributed by atoms with E-state index in [4.69, 9.17) is 14.2 Å². The van der Waals surface area contributed by atoms with Gasteiger partial charge < -0.3 is 14.2 Å². The molecule has 1 heterocycles. The maximum absolute atomic E-state index is 11.7. The number of cyclic esters (lactones) is 1. The molecule has 92 valence electrons. The van der Waals surface area contributed by atoms with Crippen molar-refractivity contribution >= 4 is 11.9 Å². The highest BCUT2D eigenvalue weighted by Gasteiger charge is 2.39. The van der Waals surface area contributed by atoms with Crippen LogP contribution in [-0.2, 0) is 23.8 Å². The van der Waals surface area contributed by atoms with Gasteiger partial charge >= 0.3 is 11.9 Å². The predicted molar refractivity (Wildman–Crippen MR) is 55.8 cm³/mol. The normalized spacial score (nSPS) is 25.0. The van der Waals surface area contributed by atoms with Gasteiger partial charge in [-0.15, -0.1) is 0 Å². The van der Waals surface area contributed by atoms with Crippen LogP contribution >= 0.6 is 0 Å². The average Bonchev–Trinajstić information content (AvgIpc) is 2.28. The number of rotatable bonds is 5. The summed E-state index contributed by atoms with van der Waals surface area (Å²) in [5.74, 6) is -0.570. The smallest absolute Gasteiger partial charge is 0.315 e. The van der Waals surface area contributed by atoms with E-state index in [1.807, 2.05) is 6.92 Å². The molecule has 1 rings (SSSR count). The molecule has 0 aliphatic carbocycles. The Kier molecular flexibility index (Phi) is 4.73. The van der Waals surface area contributed by atoms with Crippen LogP contribution in [0, 0.1) is 5.41 Å². The Hall–Kier alpha value is -1.10. The fourth-order valence-corrected chi connectivity index (χ4v) is 1.43. The van der Waals surface area contributed by atoms with Crippen LogP contribution in [0.3, 0.4) is 0 Å². The quantitative estimate of drug-likeness (QED) is 0.519. The molecule has 0 aromatic heterocycles. The lowest BCUT2D eigenvalue weighted by atomic mass is 9.85. The number of hydrogen-bond donors (Lipinski definition) is 0. The lowest BCUT2D eigenvalue weighted by Gasteiger charge is -2.30. The van der Waals surface area contributed by atoms with Crippen LogP contribution in [0.25, 0.3) is 0 Å². The van der Waals surface area contributed by atoms with Gasteiger partial charge in [0.2, 0.25) is 0 Å². The summed E-state index contributed by atoms with van der Waals surface area (Å²) in [5.41, 5.74) is -0.694. The van der Waals surface area contributed by atoms with E-state index < -0.39 is 5.41 Å². The molecule has 16 heavy (non-hydrogen) atoms. The standard InChI is InChI=1S/C11H18O5/c1-3-14-6-7-15-10(13)11(2)5-4-9(12)16-8-11/h3-8H2,1-2H3. The van der Waals surface area contributed by atoms with E-state index in [1.54, 1.807) is 6.92 Å². The van der Waals surface area contributed by atoms with E-state index >= 15 is 0 Å². The first kappa shape index (κ1) is 13.0. The summed E-state index contributed by atoms with van der Waals surface area (Å²) in [6.45, 7) is 4.99. The van der Waals surface area contributed by atoms with Crippen molar-refractivity contribution in [1.29, 1.82) is 0 Å². The van der Waals surface area contributed by atoms with Gasteiger partial charge in [-0.3, -0.25) is 9.59 Å². The molecule has 1 fully saturated rings. The molecule has 0 aromatic rings. The minimum Gasteiger partial charge on any atom is -0.464 e. The Balaban J connectivity index is 2.32. The number of ether oxygens (including phenoxy) is 3. The summed E-state index contributed by atoms with van der Waals surface area (Å²) in [6, 6.07) is 0. The van der Waals surface area contributed by atoms with E-state index in [0.717, 1.165) is 0 Å². The van der Waals surface area contributed by atoms with Gasteiger partial charge in [0.25, 0.3) is 0 Å². The molecular formula is C11H18O5. The van der Waals surface area contributed by atoms with Gasteiger partial charge in [-0.05, 0) is 20.3 Å². The number of carbonyl (C=O) groups is 2. The molecule has 0 bridgehead atoms. The fraction of sp³-hybridized carbons (Fsp3) is 0.818. The Morgan fingerprint density at radius 2 is 2.25 bits per heavy atom. The van der Waals surface area contributed by atoms with Crippen molar-refractivity contribution in [3.63, 3.8) is 0 Å². The van der Waals surface area contributed by atoms with Crippen LogP contribution < -0.4 is 0 Å². The minimum absolute atomic E-state index is 0.110. The fourth-order valence-electron chi connectivity index (χ4n) is 1.43. The van der Waals surface area contributed by atoms with Crippen LogP contribution in [0.4, 0.5) is 0 Å². The molecule has 0 amide bonds. The topological polar surface area (TPSA) is 61.8 Å². The third kappa shape index (κ3) is 3.48. The first-order valence-corrected chi connectivity index (χ1v) is 5.49. The SMILES string of the molecule is CCOCCOC(=O)C1(C)CCC(=O)OC1. The van der Waals surface area contributed by atoms with Crippen molar-refractivity contribution in [3.8, 4) is 0 Å². The van der Waals surface area contributed by atoms with Crippen LogP contribution in [0.1, 0.15) is 26.7 Å². The van der Waals surface area contributed by atoms with Gasteiger partial charge in [-0.25, -0.2) is 0 Å². The monoisotopic (exact) mass is 230 g/mol. The highest BCUT2D eigenvalue weighted by atomic mass is 16.6. The van der Waals surface area contributed by atoms with E-state index in [-0.39, 0.29) is 31.6 Å². The summed E-state index contributed by atoms with van der Waals surface area (Å²) in [5, 5.41) is 0. The molecule has 5 nitrogen and oxygen atoms in total. The summed E-state index contributed by atoms with van der Waals surface area (Å²) in [6.07, 6.45) is 0.760.